The van der Waals surface area contributed by atoms with E-state index in [4.69, 9.17) is 9.41 Å². The van der Waals surface area contributed by atoms with Crippen LogP contribution in [-0.4, -0.2) is 10.3 Å². The lowest BCUT2D eigenvalue weighted by Gasteiger charge is -2.21. The molecular formula is C53H40N2O. The Morgan fingerprint density at radius 3 is 2.18 bits per heavy atom. The standard InChI is InChI=1S/C53H40N2O/c1-53(2)44-22-10-7-18-38(44)42-33-49-43(32-45(42)53)39-19-8-12-24-48(39)55(49)37-29-27-34(28-30-37)36-17-6-11-23-46(35-15-4-3-5-16-35)54-47(31-36)40-21-14-26-51-52(40)41-20-9-13-25-50(41)56-51/h3-5,7-10,12-16,18-33H,6,11,17H2,1-2H3/b36-31+,46-23+,54-47+. The number of furan rings is 1. The van der Waals surface area contributed by atoms with Gasteiger partial charge in [-0.1, -0.05) is 135 Å². The molecule has 0 bridgehead atoms. The van der Waals surface area contributed by atoms with E-state index in [0.29, 0.717) is 0 Å². The zero-order valence-corrected chi connectivity index (χ0v) is 31.6. The fourth-order valence-electron chi connectivity index (χ4n) is 9.39. The molecule has 11 rings (SSSR count). The molecule has 0 N–H and O–H groups in total. The topological polar surface area (TPSA) is 30.4 Å². The Morgan fingerprint density at radius 1 is 0.571 bits per heavy atom. The molecule has 0 atom stereocenters. The number of fused-ring (bicyclic) bond motifs is 9. The van der Waals surface area contributed by atoms with Crippen molar-refractivity contribution in [3.05, 3.63) is 198 Å². The Labute approximate surface area is 326 Å². The minimum atomic E-state index is -0.0507. The molecule has 2 aliphatic rings. The molecule has 1 aliphatic carbocycles. The van der Waals surface area contributed by atoms with Crippen molar-refractivity contribution in [1.29, 1.82) is 0 Å². The van der Waals surface area contributed by atoms with Crippen molar-refractivity contribution in [1.82, 2.24) is 4.57 Å². The summed E-state index contributed by atoms with van der Waals surface area (Å²) in [6.07, 6.45) is 7.55. The zero-order valence-electron chi connectivity index (χ0n) is 31.6. The molecule has 7 aromatic carbocycles. The molecule has 3 heteroatoms. The van der Waals surface area contributed by atoms with Gasteiger partial charge in [0.25, 0.3) is 0 Å². The van der Waals surface area contributed by atoms with E-state index in [0.717, 1.165) is 69.4 Å². The van der Waals surface area contributed by atoms with E-state index in [9.17, 15) is 0 Å². The quantitative estimate of drug-likeness (QED) is 0.178. The molecule has 0 fully saturated rings. The third-order valence-electron chi connectivity index (χ3n) is 12.2. The number of aromatic nitrogens is 1. The van der Waals surface area contributed by atoms with Crippen LogP contribution in [0.4, 0.5) is 0 Å². The Morgan fingerprint density at radius 2 is 1.30 bits per heavy atom. The summed E-state index contributed by atoms with van der Waals surface area (Å²) < 4.78 is 8.81. The van der Waals surface area contributed by atoms with Crippen LogP contribution in [0.1, 0.15) is 60.9 Å². The van der Waals surface area contributed by atoms with E-state index in [1.54, 1.807) is 0 Å². The second-order valence-electron chi connectivity index (χ2n) is 15.8. The molecule has 0 spiro atoms. The summed E-state index contributed by atoms with van der Waals surface area (Å²) in [6.45, 7) is 4.72. The van der Waals surface area contributed by atoms with E-state index in [1.165, 1.54) is 55.2 Å². The van der Waals surface area contributed by atoms with Crippen molar-refractivity contribution in [2.24, 2.45) is 4.99 Å². The number of hydrogen-bond acceptors (Lipinski definition) is 2. The summed E-state index contributed by atoms with van der Waals surface area (Å²) in [4.78, 5) is 5.49. The van der Waals surface area contributed by atoms with Crippen LogP contribution in [0.5, 0.6) is 0 Å². The molecule has 56 heavy (non-hydrogen) atoms. The highest BCUT2D eigenvalue weighted by Crippen LogP contribution is 2.51. The highest BCUT2D eigenvalue weighted by molar-refractivity contribution is 6.24. The monoisotopic (exact) mass is 720 g/mol. The number of rotatable bonds is 4. The SMILES string of the molecule is CC1(C)c2ccccc2-c2cc3c(cc21)c1ccccc1n3-c1ccc(/C2=C/C(c3cccc4oc5ccccc5c34)=N\C(c3ccccc3)=C\CCC2)cc1. The number of aliphatic imine (C=N–C) groups is 1. The molecule has 9 aromatic rings. The molecule has 1 aliphatic heterocycles. The minimum absolute atomic E-state index is 0.0507. The average molecular weight is 721 g/mol. The van der Waals surface area contributed by atoms with Gasteiger partial charge in [-0.15, -0.1) is 0 Å². The van der Waals surface area contributed by atoms with Gasteiger partial charge in [0.15, 0.2) is 0 Å². The van der Waals surface area contributed by atoms with Gasteiger partial charge in [-0.25, -0.2) is 4.99 Å². The molecule has 0 saturated heterocycles. The van der Waals surface area contributed by atoms with Crippen LogP contribution in [0.3, 0.4) is 0 Å². The van der Waals surface area contributed by atoms with Gasteiger partial charge in [-0.2, -0.15) is 0 Å². The lowest BCUT2D eigenvalue weighted by Crippen LogP contribution is -2.14. The number of hydrogen-bond donors (Lipinski definition) is 0. The van der Waals surface area contributed by atoms with Gasteiger partial charge in [0.1, 0.15) is 11.2 Å². The third kappa shape index (κ3) is 5.08. The summed E-state index contributed by atoms with van der Waals surface area (Å²) in [6, 6.07) is 57.1. The predicted octanol–water partition coefficient (Wildman–Crippen LogP) is 14.1. The number of nitrogens with zero attached hydrogens (tertiary/aromatic N) is 2. The minimum Gasteiger partial charge on any atom is -0.456 e. The second-order valence-corrected chi connectivity index (χ2v) is 15.8. The Bertz CT molecular complexity index is 3110. The molecule has 0 radical (unpaired) electrons. The zero-order chi connectivity index (χ0) is 37.4. The molecule has 2 aromatic heterocycles. The van der Waals surface area contributed by atoms with Crippen LogP contribution < -0.4 is 0 Å². The molecule has 3 heterocycles. The van der Waals surface area contributed by atoms with Crippen LogP contribution in [0.2, 0.25) is 0 Å². The molecule has 268 valence electrons. The lowest BCUT2D eigenvalue weighted by molar-refractivity contribution is 0.661. The van der Waals surface area contributed by atoms with Gasteiger partial charge in [-0.05, 0) is 107 Å². The van der Waals surface area contributed by atoms with Crippen molar-refractivity contribution < 1.29 is 4.42 Å². The fourth-order valence-corrected chi connectivity index (χ4v) is 9.39. The highest BCUT2D eigenvalue weighted by Gasteiger charge is 2.36. The van der Waals surface area contributed by atoms with E-state index in [-0.39, 0.29) is 5.41 Å². The van der Waals surface area contributed by atoms with E-state index >= 15 is 0 Å². The first-order valence-corrected chi connectivity index (χ1v) is 19.8. The normalized spacial score (nSPS) is 18.0. The smallest absolute Gasteiger partial charge is 0.136 e. The van der Waals surface area contributed by atoms with Crippen LogP contribution in [0, 0.1) is 0 Å². The molecule has 3 nitrogen and oxygen atoms in total. The Kier molecular flexibility index (Phi) is 7.40. The molecule has 0 amide bonds. The first kappa shape index (κ1) is 32.7. The van der Waals surface area contributed by atoms with Crippen molar-refractivity contribution in [3.63, 3.8) is 0 Å². The maximum Gasteiger partial charge on any atom is 0.136 e. The number of benzene rings is 7. The molecular weight excluding hydrogens is 681 g/mol. The number of allylic oxidation sites excluding steroid dienone is 3. The van der Waals surface area contributed by atoms with E-state index in [1.807, 2.05) is 12.1 Å². The molecule has 0 unspecified atom stereocenters. The van der Waals surface area contributed by atoms with Gasteiger partial charge < -0.3 is 8.98 Å². The van der Waals surface area contributed by atoms with E-state index < -0.39 is 0 Å². The van der Waals surface area contributed by atoms with Gasteiger partial charge >= 0.3 is 0 Å². The van der Waals surface area contributed by atoms with Crippen LogP contribution in [0.25, 0.3) is 71.8 Å². The summed E-state index contributed by atoms with van der Waals surface area (Å²) in [5.74, 6) is 0. The summed E-state index contributed by atoms with van der Waals surface area (Å²) in [7, 11) is 0. The summed E-state index contributed by atoms with van der Waals surface area (Å²) >= 11 is 0. The Balaban J connectivity index is 1.07. The first-order valence-electron chi connectivity index (χ1n) is 19.8. The maximum absolute atomic E-state index is 6.36. The van der Waals surface area contributed by atoms with Gasteiger partial charge in [0.05, 0.1) is 22.4 Å². The summed E-state index contributed by atoms with van der Waals surface area (Å²) in [5.41, 5.74) is 17.5. The van der Waals surface area contributed by atoms with Crippen molar-refractivity contribution in [2.45, 2.75) is 38.5 Å². The maximum atomic E-state index is 6.36. The van der Waals surface area contributed by atoms with Crippen LogP contribution in [0.15, 0.2) is 179 Å². The fraction of sp³-hybridized carbons (Fsp3) is 0.113. The van der Waals surface area contributed by atoms with Gasteiger partial charge in [0.2, 0.25) is 0 Å². The number of para-hydroxylation sites is 2. The van der Waals surface area contributed by atoms with E-state index in [2.05, 4.69) is 176 Å². The predicted molar refractivity (Wildman–Crippen MR) is 235 cm³/mol. The van der Waals surface area contributed by atoms with Gasteiger partial charge in [-0.3, -0.25) is 0 Å². The Hall–Kier alpha value is -6.71. The third-order valence-corrected chi connectivity index (χ3v) is 12.2. The largest absolute Gasteiger partial charge is 0.456 e. The van der Waals surface area contributed by atoms with Gasteiger partial charge in [0, 0.05) is 38.2 Å². The summed E-state index contributed by atoms with van der Waals surface area (Å²) in [5, 5.41) is 4.79. The highest BCUT2D eigenvalue weighted by atomic mass is 16.3. The second kappa shape index (κ2) is 12.7. The van der Waals surface area contributed by atoms with Crippen molar-refractivity contribution in [3.8, 4) is 16.8 Å². The first-order chi connectivity index (χ1) is 27.5. The molecule has 0 saturated carbocycles. The lowest BCUT2D eigenvalue weighted by atomic mass is 9.82. The van der Waals surface area contributed by atoms with Crippen LogP contribution in [-0.2, 0) is 5.41 Å². The average Bonchev–Trinajstić information content (AvgIpc) is 3.88. The van der Waals surface area contributed by atoms with Crippen molar-refractivity contribution >= 4 is 60.7 Å². The van der Waals surface area contributed by atoms with Crippen LogP contribution >= 0.6 is 0 Å². The van der Waals surface area contributed by atoms with Crippen molar-refractivity contribution in [2.75, 3.05) is 0 Å².